The van der Waals surface area contributed by atoms with Crippen molar-refractivity contribution in [3.05, 3.63) is 65.7 Å². The quantitative estimate of drug-likeness (QED) is 0.743. The van der Waals surface area contributed by atoms with E-state index in [9.17, 15) is 9.59 Å². The lowest BCUT2D eigenvalue weighted by Gasteiger charge is -2.25. The fraction of sp³-hybridized carbons (Fsp3) is 0.391. The first-order valence-corrected chi connectivity index (χ1v) is 10.1. The van der Waals surface area contributed by atoms with Crippen molar-refractivity contribution in [1.82, 2.24) is 10.2 Å². The van der Waals surface area contributed by atoms with Crippen LogP contribution >= 0.6 is 0 Å². The minimum atomic E-state index is -0.270. The summed E-state index contributed by atoms with van der Waals surface area (Å²) in [5.74, 6) is 0.0712. The number of anilines is 1. The smallest absolute Gasteiger partial charge is 0.319 e. The number of hydrogen-bond donors (Lipinski definition) is 2. The summed E-state index contributed by atoms with van der Waals surface area (Å²) in [6.45, 7) is 4.73. The number of benzene rings is 2. The van der Waals surface area contributed by atoms with Gasteiger partial charge in [0.25, 0.3) is 0 Å². The van der Waals surface area contributed by atoms with Gasteiger partial charge in [-0.05, 0) is 43.0 Å². The lowest BCUT2D eigenvalue weighted by Crippen LogP contribution is -2.40. The Bertz CT molecular complexity index is 789. The number of nitrogens with zero attached hydrogens (tertiary/aromatic N) is 1. The highest BCUT2D eigenvalue weighted by Crippen LogP contribution is 2.25. The molecule has 3 rings (SSSR count). The van der Waals surface area contributed by atoms with Crippen LogP contribution in [0.3, 0.4) is 0 Å². The van der Waals surface area contributed by atoms with Crippen LogP contribution in [0.4, 0.5) is 10.5 Å². The summed E-state index contributed by atoms with van der Waals surface area (Å²) in [6.07, 6.45) is 3.73. The topological polar surface area (TPSA) is 61.4 Å². The Hall–Kier alpha value is -2.82. The number of unbranched alkanes of at least 4 members (excludes halogenated alkanes) is 1. The first-order chi connectivity index (χ1) is 13.6. The number of rotatable bonds is 7. The Kier molecular flexibility index (Phi) is 6.69. The molecular weight excluding hydrogens is 350 g/mol. The van der Waals surface area contributed by atoms with Crippen molar-refractivity contribution in [2.75, 3.05) is 11.9 Å². The lowest BCUT2D eigenvalue weighted by molar-refractivity contribution is -0.129. The molecule has 2 unspecified atom stereocenters. The van der Waals surface area contributed by atoms with Crippen LogP contribution in [0.25, 0.3) is 0 Å². The number of carbonyl (C=O) groups excluding carboxylic acids is 2. The number of hydrogen-bond acceptors (Lipinski definition) is 2. The van der Waals surface area contributed by atoms with E-state index in [1.54, 1.807) is 0 Å². The molecule has 1 aliphatic rings. The summed E-state index contributed by atoms with van der Waals surface area (Å²) in [5, 5.41) is 5.79. The standard InChI is InChI=1S/C23H29N3O2/c1-3-4-8-18-11-13-20(14-12-18)24-23(28)25-21-15-22(27)26(16-21)17(2)19-9-6-5-7-10-19/h5-7,9-14,17,21H,3-4,8,15-16H2,1-2H3,(H2,24,25,28). The summed E-state index contributed by atoms with van der Waals surface area (Å²) in [4.78, 5) is 26.6. The van der Waals surface area contributed by atoms with Gasteiger partial charge < -0.3 is 15.5 Å². The summed E-state index contributed by atoms with van der Waals surface area (Å²) >= 11 is 0. The van der Waals surface area contributed by atoms with Crippen molar-refractivity contribution in [2.24, 2.45) is 0 Å². The molecule has 0 aliphatic carbocycles. The molecule has 2 aromatic carbocycles. The van der Waals surface area contributed by atoms with Crippen LogP contribution in [0, 0.1) is 0 Å². The first kappa shape index (κ1) is 19.9. The molecule has 0 aromatic heterocycles. The third-order valence-corrected chi connectivity index (χ3v) is 5.27. The lowest BCUT2D eigenvalue weighted by atomic mass is 10.1. The molecular formula is C23H29N3O2. The molecule has 0 saturated carbocycles. The van der Waals surface area contributed by atoms with Crippen LogP contribution in [0.2, 0.25) is 0 Å². The highest BCUT2D eigenvalue weighted by atomic mass is 16.2. The first-order valence-electron chi connectivity index (χ1n) is 10.1. The van der Waals surface area contributed by atoms with Gasteiger partial charge in [-0.1, -0.05) is 55.8 Å². The maximum absolute atomic E-state index is 12.4. The Labute approximate surface area is 167 Å². The number of urea groups is 1. The summed E-state index contributed by atoms with van der Waals surface area (Å²) < 4.78 is 0. The second kappa shape index (κ2) is 9.40. The Morgan fingerprint density at radius 2 is 1.86 bits per heavy atom. The van der Waals surface area contributed by atoms with E-state index in [0.29, 0.717) is 13.0 Å². The SMILES string of the molecule is CCCCc1ccc(NC(=O)NC2CC(=O)N(C(C)c3ccccc3)C2)cc1. The minimum Gasteiger partial charge on any atom is -0.334 e. The molecule has 0 spiro atoms. The van der Waals surface area contributed by atoms with E-state index in [1.807, 2.05) is 66.4 Å². The Morgan fingerprint density at radius 1 is 1.14 bits per heavy atom. The normalized spacial score (nSPS) is 17.4. The van der Waals surface area contributed by atoms with Crippen LogP contribution in [0.5, 0.6) is 0 Å². The Morgan fingerprint density at radius 3 is 2.54 bits per heavy atom. The van der Waals surface area contributed by atoms with E-state index >= 15 is 0 Å². The van der Waals surface area contributed by atoms with E-state index in [4.69, 9.17) is 0 Å². The van der Waals surface area contributed by atoms with Crippen LogP contribution < -0.4 is 10.6 Å². The number of aryl methyl sites for hydroxylation is 1. The molecule has 0 bridgehead atoms. The van der Waals surface area contributed by atoms with Crippen molar-refractivity contribution < 1.29 is 9.59 Å². The zero-order chi connectivity index (χ0) is 19.9. The number of nitrogens with one attached hydrogen (secondary N) is 2. The highest BCUT2D eigenvalue weighted by Gasteiger charge is 2.33. The van der Waals surface area contributed by atoms with Crippen LogP contribution in [0.15, 0.2) is 54.6 Å². The van der Waals surface area contributed by atoms with Gasteiger partial charge >= 0.3 is 6.03 Å². The van der Waals surface area contributed by atoms with Gasteiger partial charge in [-0.15, -0.1) is 0 Å². The second-order valence-corrected chi connectivity index (χ2v) is 7.43. The third kappa shape index (κ3) is 5.12. The van der Waals surface area contributed by atoms with Crippen molar-refractivity contribution in [3.63, 3.8) is 0 Å². The average molecular weight is 380 g/mol. The van der Waals surface area contributed by atoms with Gasteiger partial charge in [0.15, 0.2) is 0 Å². The zero-order valence-electron chi connectivity index (χ0n) is 16.7. The van der Waals surface area contributed by atoms with Gasteiger partial charge in [0.1, 0.15) is 0 Å². The molecule has 1 fully saturated rings. The summed E-state index contributed by atoms with van der Waals surface area (Å²) in [7, 11) is 0. The van der Waals surface area contributed by atoms with E-state index in [-0.39, 0.29) is 24.0 Å². The summed E-state index contributed by atoms with van der Waals surface area (Å²) in [5.41, 5.74) is 3.14. The maximum atomic E-state index is 12.4. The molecule has 28 heavy (non-hydrogen) atoms. The molecule has 2 N–H and O–H groups in total. The van der Waals surface area contributed by atoms with Crippen LogP contribution in [-0.4, -0.2) is 29.4 Å². The fourth-order valence-electron chi connectivity index (χ4n) is 3.60. The number of carbonyl (C=O) groups is 2. The molecule has 1 saturated heterocycles. The van der Waals surface area contributed by atoms with E-state index in [1.165, 1.54) is 18.4 Å². The predicted molar refractivity (Wildman–Crippen MR) is 112 cm³/mol. The van der Waals surface area contributed by atoms with E-state index < -0.39 is 0 Å². The van der Waals surface area contributed by atoms with Gasteiger partial charge in [-0.2, -0.15) is 0 Å². The molecule has 0 radical (unpaired) electrons. The van der Waals surface area contributed by atoms with Gasteiger partial charge in [-0.3, -0.25) is 4.79 Å². The molecule has 2 atom stereocenters. The minimum absolute atomic E-state index is 0.000716. The molecule has 2 aromatic rings. The van der Waals surface area contributed by atoms with Crippen LogP contribution in [-0.2, 0) is 11.2 Å². The maximum Gasteiger partial charge on any atom is 0.319 e. The summed E-state index contributed by atoms with van der Waals surface area (Å²) in [6, 6.07) is 17.5. The van der Waals surface area contributed by atoms with E-state index in [2.05, 4.69) is 17.6 Å². The van der Waals surface area contributed by atoms with Crippen LogP contribution in [0.1, 0.15) is 50.3 Å². The molecule has 3 amide bonds. The largest absolute Gasteiger partial charge is 0.334 e. The predicted octanol–water partition coefficient (Wildman–Crippen LogP) is 4.51. The molecule has 1 heterocycles. The average Bonchev–Trinajstić information content (AvgIpc) is 3.07. The molecule has 1 aliphatic heterocycles. The van der Waals surface area contributed by atoms with Gasteiger partial charge in [0.2, 0.25) is 5.91 Å². The van der Waals surface area contributed by atoms with Crippen molar-refractivity contribution >= 4 is 17.6 Å². The molecule has 148 valence electrons. The monoisotopic (exact) mass is 379 g/mol. The van der Waals surface area contributed by atoms with E-state index in [0.717, 1.165) is 17.7 Å². The third-order valence-electron chi connectivity index (χ3n) is 5.27. The highest BCUT2D eigenvalue weighted by molar-refractivity contribution is 5.90. The second-order valence-electron chi connectivity index (χ2n) is 7.43. The van der Waals surface area contributed by atoms with Crippen molar-refractivity contribution in [1.29, 1.82) is 0 Å². The van der Waals surface area contributed by atoms with Gasteiger partial charge in [0.05, 0.1) is 12.1 Å². The number of amides is 3. The molecule has 5 nitrogen and oxygen atoms in total. The zero-order valence-corrected chi connectivity index (χ0v) is 16.7. The number of likely N-dealkylation sites (tertiary alicyclic amines) is 1. The fourth-order valence-corrected chi connectivity index (χ4v) is 3.60. The van der Waals surface area contributed by atoms with Gasteiger partial charge in [-0.25, -0.2) is 4.79 Å². The molecule has 5 heteroatoms. The van der Waals surface area contributed by atoms with Crippen molar-refractivity contribution in [3.8, 4) is 0 Å². The van der Waals surface area contributed by atoms with Crippen molar-refractivity contribution in [2.45, 2.75) is 51.6 Å². The Balaban J connectivity index is 1.51. The van der Waals surface area contributed by atoms with Gasteiger partial charge in [0, 0.05) is 18.7 Å².